The largest absolute Gasteiger partial charge is 0.472 e. The van der Waals surface area contributed by atoms with Crippen molar-refractivity contribution >= 4 is 46.3 Å². The molecule has 0 fully saturated rings. The van der Waals surface area contributed by atoms with E-state index >= 15 is 0 Å². The fourth-order valence-electron chi connectivity index (χ4n) is 3.92. The van der Waals surface area contributed by atoms with Crippen molar-refractivity contribution in [3.63, 3.8) is 0 Å². The van der Waals surface area contributed by atoms with Gasteiger partial charge in [-0.05, 0) is 54.8 Å². The van der Waals surface area contributed by atoms with Crippen molar-refractivity contribution in [2.45, 2.75) is 32.0 Å². The highest BCUT2D eigenvalue weighted by Gasteiger charge is 2.30. The van der Waals surface area contributed by atoms with Gasteiger partial charge in [0.2, 0.25) is 6.10 Å². The Morgan fingerprint density at radius 1 is 0.900 bits per heavy atom. The number of esters is 1. The summed E-state index contributed by atoms with van der Waals surface area (Å²) in [4.78, 5) is 26.6. The lowest BCUT2D eigenvalue weighted by Gasteiger charge is -2.19. The quantitative estimate of drug-likeness (QED) is 0.133. The summed E-state index contributed by atoms with van der Waals surface area (Å²) in [5.74, 6) is -0.507. The van der Waals surface area contributed by atoms with Gasteiger partial charge in [-0.25, -0.2) is 4.79 Å². The van der Waals surface area contributed by atoms with Crippen LogP contribution in [0.15, 0.2) is 78.9 Å². The number of carbonyl (C=O) groups excluding carboxylic acids is 2. The van der Waals surface area contributed by atoms with Gasteiger partial charge in [-0.15, -0.1) is 11.3 Å². The summed E-state index contributed by atoms with van der Waals surface area (Å²) in [6.45, 7) is 1.88. The molecule has 0 saturated carbocycles. The second kappa shape index (κ2) is 12.9. The minimum absolute atomic E-state index is 0.109. The minimum atomic E-state index is -4.41. The van der Waals surface area contributed by atoms with Gasteiger partial charge in [0.25, 0.3) is 0 Å². The fourth-order valence-corrected chi connectivity index (χ4v) is 5.38. The Morgan fingerprint density at radius 2 is 1.60 bits per heavy atom. The lowest BCUT2D eigenvalue weighted by Crippen LogP contribution is -2.21. The fraction of sp³-hybridized carbons (Fsp3) is 0.200. The number of ketones is 1. The molecular formula is C30H23Cl2F3O4S. The molecule has 0 bridgehead atoms. The van der Waals surface area contributed by atoms with E-state index in [1.54, 1.807) is 55.5 Å². The van der Waals surface area contributed by atoms with Crippen molar-refractivity contribution < 1.29 is 32.2 Å². The maximum atomic E-state index is 12.9. The molecule has 0 spiro atoms. The average Bonchev–Trinajstić information content (AvgIpc) is 3.44. The van der Waals surface area contributed by atoms with Crippen LogP contribution in [-0.4, -0.2) is 18.4 Å². The third kappa shape index (κ3) is 7.05. The Kier molecular flexibility index (Phi) is 9.56. The molecule has 0 aliphatic rings. The first-order valence-corrected chi connectivity index (χ1v) is 13.8. The molecule has 208 valence electrons. The number of hydrogen-bond acceptors (Lipinski definition) is 5. The molecule has 0 amide bonds. The Bertz CT molecular complexity index is 1490. The van der Waals surface area contributed by atoms with Gasteiger partial charge in [-0.2, -0.15) is 13.2 Å². The number of Topliss-reactive ketones (excluding diaryl/α,β-unsaturated/α-hetero) is 1. The number of alkyl halides is 3. The standard InChI is InChI=1S/C30H23Cl2F3O4S/c1-2-38-29(37)28(20-6-4-3-5-7-20)39-23-15-11-19(26(31)27(23)32)10-14-22(36)25-17-16-24(40-25)18-8-12-21(13-9-18)30(33,34)35/h3-9,11-13,15-17,28H,2,10,14H2,1H3. The van der Waals surface area contributed by atoms with Gasteiger partial charge in [0.05, 0.1) is 22.1 Å². The van der Waals surface area contributed by atoms with E-state index in [4.69, 9.17) is 32.7 Å². The van der Waals surface area contributed by atoms with Crippen molar-refractivity contribution in [3.8, 4) is 16.2 Å². The molecule has 40 heavy (non-hydrogen) atoms. The van der Waals surface area contributed by atoms with E-state index in [-0.39, 0.29) is 34.6 Å². The summed E-state index contributed by atoms with van der Waals surface area (Å²) in [6, 6.07) is 20.3. The Balaban J connectivity index is 1.44. The summed E-state index contributed by atoms with van der Waals surface area (Å²) in [7, 11) is 0. The monoisotopic (exact) mass is 606 g/mol. The predicted octanol–water partition coefficient (Wildman–Crippen LogP) is 9.24. The van der Waals surface area contributed by atoms with E-state index in [1.165, 1.54) is 23.5 Å². The topological polar surface area (TPSA) is 52.6 Å². The summed E-state index contributed by atoms with van der Waals surface area (Å²) < 4.78 is 49.6. The molecule has 0 aliphatic carbocycles. The maximum Gasteiger partial charge on any atom is 0.416 e. The number of carbonyl (C=O) groups is 2. The van der Waals surface area contributed by atoms with E-state index in [9.17, 15) is 22.8 Å². The first-order chi connectivity index (χ1) is 19.1. The first-order valence-electron chi connectivity index (χ1n) is 12.2. The Morgan fingerprint density at radius 3 is 2.25 bits per heavy atom. The van der Waals surface area contributed by atoms with Gasteiger partial charge in [0.1, 0.15) is 10.8 Å². The highest BCUT2D eigenvalue weighted by molar-refractivity contribution is 7.17. The van der Waals surface area contributed by atoms with Gasteiger partial charge in [-0.1, -0.05) is 71.7 Å². The number of rotatable bonds is 10. The molecule has 1 aromatic heterocycles. The number of hydrogen-bond donors (Lipinski definition) is 0. The maximum absolute atomic E-state index is 12.9. The van der Waals surface area contributed by atoms with Crippen LogP contribution in [-0.2, 0) is 22.1 Å². The number of halogens is 5. The molecule has 4 rings (SSSR count). The van der Waals surface area contributed by atoms with Crippen LogP contribution in [0.4, 0.5) is 13.2 Å². The van der Waals surface area contributed by atoms with Crippen LogP contribution in [0.3, 0.4) is 0 Å². The molecule has 0 N–H and O–H groups in total. The van der Waals surface area contributed by atoms with Gasteiger partial charge < -0.3 is 9.47 Å². The number of aryl methyl sites for hydroxylation is 1. The first kappa shape index (κ1) is 29.6. The van der Waals surface area contributed by atoms with E-state index in [1.807, 2.05) is 6.07 Å². The van der Waals surface area contributed by atoms with Gasteiger partial charge >= 0.3 is 12.1 Å². The second-order valence-corrected chi connectivity index (χ2v) is 10.5. The van der Waals surface area contributed by atoms with Crippen molar-refractivity contribution in [3.05, 3.63) is 110 Å². The zero-order chi connectivity index (χ0) is 28.9. The summed E-state index contributed by atoms with van der Waals surface area (Å²) in [5, 5.41) is 0.316. The molecule has 3 aromatic carbocycles. The van der Waals surface area contributed by atoms with E-state index in [0.29, 0.717) is 32.9 Å². The van der Waals surface area contributed by atoms with Crippen molar-refractivity contribution in [1.29, 1.82) is 0 Å². The summed E-state index contributed by atoms with van der Waals surface area (Å²) >= 11 is 14.2. The van der Waals surface area contributed by atoms with Crippen LogP contribution in [0.1, 0.15) is 45.8 Å². The van der Waals surface area contributed by atoms with Crippen LogP contribution in [0.25, 0.3) is 10.4 Å². The van der Waals surface area contributed by atoms with Gasteiger partial charge in [-0.3, -0.25) is 4.79 Å². The van der Waals surface area contributed by atoms with Crippen LogP contribution in [0.5, 0.6) is 5.75 Å². The third-order valence-corrected chi connectivity index (χ3v) is 8.05. The Hall–Kier alpha value is -3.33. The van der Waals surface area contributed by atoms with Crippen LogP contribution >= 0.6 is 34.5 Å². The third-order valence-electron chi connectivity index (χ3n) is 5.97. The highest BCUT2D eigenvalue weighted by Crippen LogP contribution is 2.38. The van der Waals surface area contributed by atoms with Crippen molar-refractivity contribution in [1.82, 2.24) is 0 Å². The number of ether oxygens (including phenoxy) is 2. The lowest BCUT2D eigenvalue weighted by atomic mass is 10.1. The molecule has 1 unspecified atom stereocenters. The zero-order valence-corrected chi connectivity index (χ0v) is 23.5. The smallest absolute Gasteiger partial charge is 0.416 e. The molecule has 1 heterocycles. The van der Waals surface area contributed by atoms with E-state index in [2.05, 4.69) is 0 Å². The van der Waals surface area contributed by atoms with Crippen molar-refractivity contribution in [2.24, 2.45) is 0 Å². The molecule has 10 heteroatoms. The highest BCUT2D eigenvalue weighted by atomic mass is 35.5. The molecule has 4 aromatic rings. The van der Waals surface area contributed by atoms with Crippen molar-refractivity contribution in [2.75, 3.05) is 6.61 Å². The average molecular weight is 607 g/mol. The molecule has 4 nitrogen and oxygen atoms in total. The molecule has 1 atom stereocenters. The normalized spacial score (nSPS) is 12.2. The minimum Gasteiger partial charge on any atom is -0.472 e. The van der Waals surface area contributed by atoms with E-state index in [0.717, 1.165) is 12.1 Å². The lowest BCUT2D eigenvalue weighted by molar-refractivity contribution is -0.151. The molecule has 0 saturated heterocycles. The molecular weight excluding hydrogens is 584 g/mol. The van der Waals surface area contributed by atoms with Gasteiger partial charge in [0.15, 0.2) is 5.78 Å². The Labute approximate surface area is 243 Å². The SMILES string of the molecule is CCOC(=O)C(Oc1ccc(CCC(=O)c2ccc(-c3ccc(C(F)(F)F)cc3)s2)c(Cl)c1Cl)c1ccccc1. The zero-order valence-electron chi connectivity index (χ0n) is 21.1. The van der Waals surface area contributed by atoms with Crippen LogP contribution in [0.2, 0.25) is 10.0 Å². The summed E-state index contributed by atoms with van der Waals surface area (Å²) in [6.07, 6.45) is -5.02. The number of thiophene rings is 1. The predicted molar refractivity (Wildman–Crippen MR) is 150 cm³/mol. The van der Waals surface area contributed by atoms with Gasteiger partial charge in [0, 0.05) is 16.9 Å². The molecule has 0 radical (unpaired) electrons. The summed E-state index contributed by atoms with van der Waals surface area (Å²) in [5.41, 5.74) is 1.08. The number of benzene rings is 3. The van der Waals surface area contributed by atoms with Crippen LogP contribution in [0, 0.1) is 0 Å². The van der Waals surface area contributed by atoms with E-state index < -0.39 is 23.8 Å². The van der Waals surface area contributed by atoms with Crippen LogP contribution < -0.4 is 4.74 Å². The molecule has 0 aliphatic heterocycles. The second-order valence-electron chi connectivity index (χ2n) is 8.67.